The van der Waals surface area contributed by atoms with Crippen LogP contribution in [0.15, 0.2) is 0 Å². The molecular weight excluding hydrogens is 234 g/mol. The Labute approximate surface area is 95.2 Å². The zero-order chi connectivity index (χ0) is 12.8. The quantitative estimate of drug-likeness (QED) is 0.702. The largest absolute Gasteiger partial charge is 0.449 e. The van der Waals surface area contributed by atoms with Gasteiger partial charge in [-0.3, -0.25) is 0 Å². The van der Waals surface area contributed by atoms with Crippen molar-refractivity contribution >= 4 is 16.3 Å². The van der Waals surface area contributed by atoms with E-state index in [1.165, 1.54) is 0 Å². The molecule has 8 heteroatoms. The van der Waals surface area contributed by atoms with E-state index in [0.717, 1.165) is 4.31 Å². The molecule has 0 radical (unpaired) electrons. The number of nitriles is 1. The van der Waals surface area contributed by atoms with Gasteiger partial charge in [0, 0.05) is 6.04 Å². The molecule has 0 aromatic rings. The van der Waals surface area contributed by atoms with Crippen LogP contribution in [0.2, 0.25) is 0 Å². The van der Waals surface area contributed by atoms with Crippen LogP contribution in [0.5, 0.6) is 0 Å². The zero-order valence-electron chi connectivity index (χ0n) is 9.43. The number of ether oxygens (including phenoxy) is 1. The van der Waals surface area contributed by atoms with Crippen LogP contribution in [-0.2, 0) is 14.9 Å². The Kier molecular flexibility index (Phi) is 5.77. The lowest BCUT2D eigenvalue weighted by molar-refractivity contribution is 0.158. The molecule has 0 aromatic heterocycles. The maximum atomic E-state index is 11.6. The highest BCUT2D eigenvalue weighted by Gasteiger charge is 2.26. The fraction of sp³-hybridized carbons (Fsp3) is 0.750. The fourth-order valence-corrected chi connectivity index (χ4v) is 2.11. The van der Waals surface area contributed by atoms with Crippen LogP contribution in [0.4, 0.5) is 4.79 Å². The van der Waals surface area contributed by atoms with Crippen LogP contribution in [-0.4, -0.2) is 38.0 Å². The third-order valence-corrected chi connectivity index (χ3v) is 3.19. The van der Waals surface area contributed by atoms with Gasteiger partial charge in [0.15, 0.2) is 0 Å². The highest BCUT2D eigenvalue weighted by atomic mass is 32.2. The lowest BCUT2D eigenvalue weighted by atomic mass is 10.4. The first-order valence-corrected chi connectivity index (χ1v) is 6.12. The van der Waals surface area contributed by atoms with E-state index in [1.807, 2.05) is 0 Å². The second kappa shape index (κ2) is 6.30. The second-order valence-electron chi connectivity index (χ2n) is 3.12. The first-order valence-electron chi connectivity index (χ1n) is 4.68. The Morgan fingerprint density at radius 2 is 2.12 bits per heavy atom. The molecule has 0 unspecified atom stereocenters. The van der Waals surface area contributed by atoms with E-state index in [4.69, 9.17) is 5.26 Å². The molecule has 0 aliphatic carbocycles. The Morgan fingerprint density at radius 1 is 1.56 bits per heavy atom. The molecule has 0 aromatic carbocycles. The van der Waals surface area contributed by atoms with Crippen molar-refractivity contribution in [3.63, 3.8) is 0 Å². The molecule has 92 valence electrons. The average Bonchev–Trinajstić information content (AvgIpc) is 2.12. The van der Waals surface area contributed by atoms with Crippen LogP contribution < -0.4 is 4.72 Å². The number of nitrogens with one attached hydrogen (secondary N) is 1. The van der Waals surface area contributed by atoms with E-state index in [-0.39, 0.29) is 13.2 Å². The molecule has 0 saturated carbocycles. The maximum absolute atomic E-state index is 11.6. The molecule has 1 N–H and O–H groups in total. The predicted molar refractivity (Wildman–Crippen MR) is 56.5 cm³/mol. The van der Waals surface area contributed by atoms with Crippen LogP contribution in [0.3, 0.4) is 0 Å². The number of hydrogen-bond donors (Lipinski definition) is 1. The monoisotopic (exact) mass is 249 g/mol. The van der Waals surface area contributed by atoms with E-state index >= 15 is 0 Å². The van der Waals surface area contributed by atoms with Crippen molar-refractivity contribution in [3.8, 4) is 6.07 Å². The van der Waals surface area contributed by atoms with Crippen molar-refractivity contribution in [1.82, 2.24) is 9.03 Å². The van der Waals surface area contributed by atoms with Crippen molar-refractivity contribution in [2.75, 3.05) is 13.2 Å². The summed E-state index contributed by atoms with van der Waals surface area (Å²) in [4.78, 5) is 11.0. The Hall–Kier alpha value is -1.33. The van der Waals surface area contributed by atoms with Gasteiger partial charge in [0.1, 0.15) is 6.54 Å². The summed E-state index contributed by atoms with van der Waals surface area (Å²) in [6.07, 6.45) is -1.05. The van der Waals surface area contributed by atoms with Gasteiger partial charge in [0.05, 0.1) is 12.7 Å². The zero-order valence-corrected chi connectivity index (χ0v) is 10.2. The Bertz CT molecular complexity index is 371. The predicted octanol–water partition coefficient (Wildman–Crippen LogP) is 0.211. The summed E-state index contributed by atoms with van der Waals surface area (Å²) in [5, 5.41) is 8.49. The minimum absolute atomic E-state index is 0.0707. The van der Waals surface area contributed by atoms with Gasteiger partial charge in [-0.25, -0.2) is 9.52 Å². The Balaban J connectivity index is 4.75. The third-order valence-electron chi connectivity index (χ3n) is 1.60. The second-order valence-corrected chi connectivity index (χ2v) is 4.75. The molecule has 16 heavy (non-hydrogen) atoms. The Morgan fingerprint density at radius 3 is 2.50 bits per heavy atom. The molecule has 0 aliphatic rings. The summed E-state index contributed by atoms with van der Waals surface area (Å²) in [5.74, 6) is 0. The lowest BCUT2D eigenvalue weighted by Crippen LogP contribution is -2.46. The van der Waals surface area contributed by atoms with Gasteiger partial charge in [0.25, 0.3) is 0 Å². The van der Waals surface area contributed by atoms with E-state index in [2.05, 4.69) is 4.74 Å². The van der Waals surface area contributed by atoms with Crippen LogP contribution in [0, 0.1) is 11.3 Å². The van der Waals surface area contributed by atoms with Crippen molar-refractivity contribution in [1.29, 1.82) is 5.26 Å². The summed E-state index contributed by atoms with van der Waals surface area (Å²) < 4.78 is 30.2. The van der Waals surface area contributed by atoms with E-state index in [1.54, 1.807) is 31.6 Å². The molecule has 7 nitrogen and oxygen atoms in total. The molecule has 0 spiro atoms. The lowest BCUT2D eigenvalue weighted by Gasteiger charge is -2.22. The molecule has 0 aliphatic heterocycles. The molecule has 0 fully saturated rings. The van der Waals surface area contributed by atoms with E-state index in [9.17, 15) is 13.2 Å². The number of carbonyl (C=O) groups excluding carboxylic acids is 1. The highest BCUT2D eigenvalue weighted by Crippen LogP contribution is 2.04. The first-order chi connectivity index (χ1) is 7.35. The van der Waals surface area contributed by atoms with Crippen molar-refractivity contribution in [2.45, 2.75) is 26.8 Å². The number of carbonyl (C=O) groups is 1. The van der Waals surface area contributed by atoms with Crippen LogP contribution in [0.1, 0.15) is 20.8 Å². The molecular formula is C8H15N3O4S. The number of rotatable bonds is 5. The molecule has 0 rings (SSSR count). The van der Waals surface area contributed by atoms with Crippen molar-refractivity contribution in [2.24, 2.45) is 0 Å². The van der Waals surface area contributed by atoms with Gasteiger partial charge in [-0.2, -0.15) is 18.0 Å². The van der Waals surface area contributed by atoms with Gasteiger partial charge >= 0.3 is 16.3 Å². The average molecular weight is 249 g/mol. The smallest absolute Gasteiger partial charge is 0.421 e. The van der Waals surface area contributed by atoms with E-state index < -0.39 is 22.3 Å². The highest BCUT2D eigenvalue weighted by molar-refractivity contribution is 7.87. The normalized spacial score (nSPS) is 11.2. The molecule has 0 atom stereocenters. The van der Waals surface area contributed by atoms with Gasteiger partial charge in [0.2, 0.25) is 0 Å². The number of hydrogen-bond acceptors (Lipinski definition) is 5. The van der Waals surface area contributed by atoms with Crippen LogP contribution >= 0.6 is 0 Å². The van der Waals surface area contributed by atoms with Crippen LogP contribution in [0.25, 0.3) is 0 Å². The van der Waals surface area contributed by atoms with Gasteiger partial charge in [-0.15, -0.1) is 0 Å². The minimum Gasteiger partial charge on any atom is -0.449 e. The summed E-state index contributed by atoms with van der Waals surface area (Å²) in [6.45, 7) is 4.50. The summed E-state index contributed by atoms with van der Waals surface area (Å²) in [5.41, 5.74) is 0. The number of amides is 1. The summed E-state index contributed by atoms with van der Waals surface area (Å²) in [6, 6.07) is 1.29. The maximum Gasteiger partial charge on any atom is 0.421 e. The van der Waals surface area contributed by atoms with Gasteiger partial charge in [-0.1, -0.05) is 0 Å². The first kappa shape index (κ1) is 14.7. The standard InChI is InChI=1S/C8H15N3O4S/c1-4-15-8(12)10-16(13,14)11(6-5-9)7(2)3/h7H,4,6H2,1-3H3,(H,10,12). The van der Waals surface area contributed by atoms with Gasteiger partial charge < -0.3 is 4.74 Å². The van der Waals surface area contributed by atoms with Crippen molar-refractivity contribution in [3.05, 3.63) is 0 Å². The molecule has 0 heterocycles. The third kappa shape index (κ3) is 4.46. The minimum atomic E-state index is -4.02. The van der Waals surface area contributed by atoms with Crippen molar-refractivity contribution < 1.29 is 17.9 Å². The SMILES string of the molecule is CCOC(=O)NS(=O)(=O)N(CC#N)C(C)C. The van der Waals surface area contributed by atoms with Gasteiger partial charge in [-0.05, 0) is 20.8 Å². The molecule has 0 bridgehead atoms. The fourth-order valence-electron chi connectivity index (χ4n) is 0.939. The molecule has 1 amide bonds. The number of nitrogens with zero attached hydrogens (tertiary/aromatic N) is 2. The van der Waals surface area contributed by atoms with E-state index in [0.29, 0.717) is 0 Å². The topological polar surface area (TPSA) is 99.5 Å². The summed E-state index contributed by atoms with van der Waals surface area (Å²) in [7, 11) is -4.02. The molecule has 0 saturated heterocycles. The summed E-state index contributed by atoms with van der Waals surface area (Å²) >= 11 is 0.